The van der Waals surface area contributed by atoms with Gasteiger partial charge in [-0.15, -0.1) is 0 Å². The minimum absolute atomic E-state index is 0.532. The van der Waals surface area contributed by atoms with Gasteiger partial charge in [0.1, 0.15) is 6.17 Å². The van der Waals surface area contributed by atoms with Gasteiger partial charge < -0.3 is 11.1 Å². The first-order valence-electron chi connectivity index (χ1n) is 7.57. The van der Waals surface area contributed by atoms with Crippen molar-refractivity contribution >= 4 is 0 Å². The zero-order valence-corrected chi connectivity index (χ0v) is 11.1. The quantitative estimate of drug-likeness (QED) is 0.753. The number of nitrogens with two attached hydrogens (primary N) is 1. The predicted octanol–water partition coefficient (Wildman–Crippen LogP) is 2.89. The summed E-state index contributed by atoms with van der Waals surface area (Å²) in [5.41, 5.74) is 7.00. The number of allylic oxidation sites excluding steroid dienone is 1. The second-order valence-corrected chi connectivity index (χ2v) is 6.45. The number of fused-ring (bicyclic) bond motifs is 1. The van der Waals surface area contributed by atoms with Gasteiger partial charge in [0.15, 0.2) is 0 Å². The van der Waals surface area contributed by atoms with Crippen LogP contribution in [-0.2, 0) is 0 Å². The average molecular weight is 252 g/mol. The van der Waals surface area contributed by atoms with Gasteiger partial charge in [-0.2, -0.15) is 0 Å². The molecule has 1 heterocycles. The van der Waals surface area contributed by atoms with E-state index in [4.69, 9.17) is 5.73 Å². The first-order chi connectivity index (χ1) is 8.72. The van der Waals surface area contributed by atoms with Gasteiger partial charge >= 0.3 is 0 Å². The van der Waals surface area contributed by atoms with Gasteiger partial charge in [0, 0.05) is 17.8 Å². The van der Waals surface area contributed by atoms with Crippen LogP contribution in [-0.4, -0.2) is 18.3 Å². The van der Waals surface area contributed by atoms with Crippen molar-refractivity contribution in [1.82, 2.24) is 5.32 Å². The van der Waals surface area contributed by atoms with Crippen LogP contribution in [0.5, 0.6) is 0 Å². The van der Waals surface area contributed by atoms with Crippen molar-refractivity contribution in [3.05, 3.63) is 11.8 Å². The third kappa shape index (κ3) is 2.56. The van der Waals surface area contributed by atoms with Crippen molar-refractivity contribution in [1.29, 1.82) is 0 Å². The molecule has 0 radical (unpaired) electrons. The summed E-state index contributed by atoms with van der Waals surface area (Å²) in [5.74, 6) is 1.45. The SMILES string of the molecule is NC1=CCC2NC(C3CCC(F)CC3)CCC2C1. The third-order valence-corrected chi connectivity index (χ3v) is 5.25. The third-order valence-electron chi connectivity index (χ3n) is 5.25. The zero-order valence-electron chi connectivity index (χ0n) is 11.1. The maximum atomic E-state index is 13.2. The number of hydrogen-bond acceptors (Lipinski definition) is 2. The summed E-state index contributed by atoms with van der Waals surface area (Å²) >= 11 is 0. The van der Waals surface area contributed by atoms with Crippen molar-refractivity contribution in [3.8, 4) is 0 Å². The van der Waals surface area contributed by atoms with Crippen LogP contribution in [0.25, 0.3) is 0 Å². The highest BCUT2D eigenvalue weighted by Crippen LogP contribution is 2.36. The molecule has 1 saturated carbocycles. The molecule has 0 spiro atoms. The van der Waals surface area contributed by atoms with Gasteiger partial charge in [-0.1, -0.05) is 6.08 Å². The molecule has 3 heteroatoms. The molecule has 3 N–H and O–H groups in total. The Morgan fingerprint density at radius 3 is 2.50 bits per heavy atom. The van der Waals surface area contributed by atoms with Crippen molar-refractivity contribution < 1.29 is 4.39 Å². The molecule has 1 saturated heterocycles. The van der Waals surface area contributed by atoms with Crippen molar-refractivity contribution in [2.24, 2.45) is 17.6 Å². The first kappa shape index (κ1) is 12.5. The molecule has 0 aromatic carbocycles. The number of rotatable bonds is 1. The Morgan fingerprint density at radius 2 is 1.72 bits per heavy atom. The van der Waals surface area contributed by atoms with E-state index in [0.717, 1.165) is 50.1 Å². The largest absolute Gasteiger partial charge is 0.402 e. The van der Waals surface area contributed by atoms with Crippen LogP contribution in [0.4, 0.5) is 4.39 Å². The summed E-state index contributed by atoms with van der Waals surface area (Å²) in [5, 5.41) is 3.84. The summed E-state index contributed by atoms with van der Waals surface area (Å²) < 4.78 is 13.2. The summed E-state index contributed by atoms with van der Waals surface area (Å²) in [6.45, 7) is 0. The molecule has 2 aliphatic carbocycles. The molecule has 102 valence electrons. The molecule has 0 bridgehead atoms. The summed E-state index contributed by atoms with van der Waals surface area (Å²) in [6.07, 6.45) is 10.1. The van der Waals surface area contributed by atoms with E-state index in [0.29, 0.717) is 18.0 Å². The molecule has 3 atom stereocenters. The second kappa shape index (κ2) is 5.20. The van der Waals surface area contributed by atoms with E-state index in [1.807, 2.05) is 0 Å². The predicted molar refractivity (Wildman–Crippen MR) is 71.8 cm³/mol. The van der Waals surface area contributed by atoms with Crippen LogP contribution in [0.2, 0.25) is 0 Å². The van der Waals surface area contributed by atoms with Crippen LogP contribution in [0.1, 0.15) is 51.4 Å². The van der Waals surface area contributed by atoms with Crippen LogP contribution in [0.3, 0.4) is 0 Å². The minimum Gasteiger partial charge on any atom is -0.402 e. The Kier molecular flexibility index (Phi) is 3.60. The molecule has 0 aromatic rings. The molecule has 0 aromatic heterocycles. The fourth-order valence-corrected chi connectivity index (χ4v) is 4.11. The maximum absolute atomic E-state index is 13.2. The Hall–Kier alpha value is -0.570. The lowest BCUT2D eigenvalue weighted by Crippen LogP contribution is -2.52. The maximum Gasteiger partial charge on any atom is 0.100 e. The highest BCUT2D eigenvalue weighted by molar-refractivity contribution is 5.09. The van der Waals surface area contributed by atoms with Gasteiger partial charge in [-0.05, 0) is 63.2 Å². The molecule has 2 nitrogen and oxygen atoms in total. The van der Waals surface area contributed by atoms with Gasteiger partial charge in [0.2, 0.25) is 0 Å². The lowest BCUT2D eigenvalue weighted by molar-refractivity contribution is 0.128. The lowest BCUT2D eigenvalue weighted by Gasteiger charge is -2.43. The number of hydrogen-bond donors (Lipinski definition) is 2. The van der Waals surface area contributed by atoms with E-state index in [1.165, 1.54) is 12.8 Å². The fraction of sp³-hybridized carbons (Fsp3) is 0.867. The van der Waals surface area contributed by atoms with Crippen LogP contribution in [0.15, 0.2) is 11.8 Å². The fourth-order valence-electron chi connectivity index (χ4n) is 4.11. The van der Waals surface area contributed by atoms with E-state index in [2.05, 4.69) is 11.4 Å². The highest BCUT2D eigenvalue weighted by atomic mass is 19.1. The van der Waals surface area contributed by atoms with E-state index in [1.54, 1.807) is 0 Å². The lowest BCUT2D eigenvalue weighted by atomic mass is 9.74. The number of nitrogens with one attached hydrogen (secondary N) is 1. The van der Waals surface area contributed by atoms with Gasteiger partial charge in [0.25, 0.3) is 0 Å². The smallest absolute Gasteiger partial charge is 0.100 e. The van der Waals surface area contributed by atoms with E-state index in [9.17, 15) is 4.39 Å². The number of halogens is 1. The molecule has 3 unspecified atom stereocenters. The van der Waals surface area contributed by atoms with Crippen LogP contribution >= 0.6 is 0 Å². The van der Waals surface area contributed by atoms with Crippen molar-refractivity contribution in [2.75, 3.05) is 0 Å². The Morgan fingerprint density at radius 1 is 1.00 bits per heavy atom. The van der Waals surface area contributed by atoms with Crippen LogP contribution < -0.4 is 11.1 Å². The van der Waals surface area contributed by atoms with Gasteiger partial charge in [-0.3, -0.25) is 0 Å². The van der Waals surface area contributed by atoms with Crippen LogP contribution in [0, 0.1) is 11.8 Å². The summed E-state index contributed by atoms with van der Waals surface area (Å²) in [6, 6.07) is 1.26. The number of piperidine rings is 1. The van der Waals surface area contributed by atoms with Crippen molar-refractivity contribution in [2.45, 2.75) is 69.6 Å². The minimum atomic E-state index is -0.532. The second-order valence-electron chi connectivity index (χ2n) is 6.45. The normalized spacial score (nSPS) is 45.2. The summed E-state index contributed by atoms with van der Waals surface area (Å²) in [7, 11) is 0. The standard InChI is InChI=1S/C15H25FN2/c16-12-4-1-10(2-5-12)14-7-3-11-9-13(17)6-8-15(11)18-14/h6,10-12,14-15,18H,1-5,7-9,17H2. The molecular weight excluding hydrogens is 227 g/mol. The molecule has 2 fully saturated rings. The highest BCUT2D eigenvalue weighted by Gasteiger charge is 2.36. The Labute approximate surface area is 109 Å². The molecule has 1 aliphatic heterocycles. The molecule has 3 rings (SSSR count). The van der Waals surface area contributed by atoms with Gasteiger partial charge in [0.05, 0.1) is 0 Å². The van der Waals surface area contributed by atoms with E-state index in [-0.39, 0.29) is 0 Å². The molecule has 3 aliphatic rings. The zero-order chi connectivity index (χ0) is 12.5. The van der Waals surface area contributed by atoms with E-state index < -0.39 is 6.17 Å². The topological polar surface area (TPSA) is 38.0 Å². The number of alkyl halides is 1. The summed E-state index contributed by atoms with van der Waals surface area (Å²) in [4.78, 5) is 0. The first-order valence-corrected chi connectivity index (χ1v) is 7.57. The Balaban J connectivity index is 1.57. The van der Waals surface area contributed by atoms with Gasteiger partial charge in [-0.25, -0.2) is 4.39 Å². The van der Waals surface area contributed by atoms with E-state index >= 15 is 0 Å². The molecular formula is C15H25FN2. The monoisotopic (exact) mass is 252 g/mol. The average Bonchev–Trinajstić information content (AvgIpc) is 2.39. The molecule has 18 heavy (non-hydrogen) atoms. The Bertz CT molecular complexity index is 320. The van der Waals surface area contributed by atoms with Crippen molar-refractivity contribution in [3.63, 3.8) is 0 Å². The molecule has 0 amide bonds.